The normalized spacial score (nSPS) is 23.1. The summed E-state index contributed by atoms with van der Waals surface area (Å²) in [7, 11) is 0. The first-order valence-corrected chi connectivity index (χ1v) is 7.74. The van der Waals surface area contributed by atoms with Crippen molar-refractivity contribution in [2.75, 3.05) is 31.1 Å². The maximum absolute atomic E-state index is 12.3. The van der Waals surface area contributed by atoms with E-state index in [1.807, 2.05) is 17.0 Å². The monoisotopic (exact) mass is 273 g/mol. The number of pyridine rings is 1. The number of hydrogen-bond acceptors (Lipinski definition) is 3. The molecule has 4 nitrogen and oxygen atoms in total. The van der Waals surface area contributed by atoms with Gasteiger partial charge in [0.15, 0.2) is 0 Å². The molecule has 3 rings (SSSR count). The lowest BCUT2D eigenvalue weighted by Gasteiger charge is -2.31. The molecule has 2 saturated heterocycles. The van der Waals surface area contributed by atoms with E-state index in [1.54, 1.807) is 6.20 Å². The summed E-state index contributed by atoms with van der Waals surface area (Å²) < 4.78 is 0. The predicted octanol–water partition coefficient (Wildman–Crippen LogP) is 2.55. The molecular weight excluding hydrogens is 250 g/mol. The Hall–Kier alpha value is -1.58. The van der Waals surface area contributed by atoms with Gasteiger partial charge in [0, 0.05) is 32.4 Å². The molecule has 1 amide bonds. The SMILES string of the molecule is C[C@H]1CCCN(c2ccc(C(=O)N3CCCC3)cn2)C1. The summed E-state index contributed by atoms with van der Waals surface area (Å²) in [4.78, 5) is 21.0. The van der Waals surface area contributed by atoms with Crippen molar-refractivity contribution >= 4 is 11.7 Å². The standard InChI is InChI=1S/C16H23N3O/c1-13-5-4-10-19(12-13)15-7-6-14(11-17-15)16(20)18-8-2-3-9-18/h6-7,11,13H,2-5,8-10,12H2,1H3/t13-/m0/s1. The third-order valence-corrected chi connectivity index (χ3v) is 4.37. The molecule has 108 valence electrons. The molecule has 0 radical (unpaired) electrons. The fraction of sp³-hybridized carbons (Fsp3) is 0.625. The van der Waals surface area contributed by atoms with Gasteiger partial charge in [0.1, 0.15) is 5.82 Å². The van der Waals surface area contributed by atoms with E-state index in [4.69, 9.17) is 0 Å². The highest BCUT2D eigenvalue weighted by Crippen LogP contribution is 2.21. The van der Waals surface area contributed by atoms with E-state index in [9.17, 15) is 4.79 Å². The van der Waals surface area contributed by atoms with Gasteiger partial charge in [0.25, 0.3) is 5.91 Å². The Balaban J connectivity index is 1.69. The van der Waals surface area contributed by atoms with Crippen LogP contribution < -0.4 is 4.90 Å². The molecule has 20 heavy (non-hydrogen) atoms. The van der Waals surface area contributed by atoms with Crippen molar-refractivity contribution in [3.63, 3.8) is 0 Å². The largest absolute Gasteiger partial charge is 0.356 e. The number of hydrogen-bond donors (Lipinski definition) is 0. The summed E-state index contributed by atoms with van der Waals surface area (Å²) in [5.74, 6) is 1.87. The fourth-order valence-electron chi connectivity index (χ4n) is 3.20. The van der Waals surface area contributed by atoms with Crippen molar-refractivity contribution in [3.8, 4) is 0 Å². The summed E-state index contributed by atoms with van der Waals surface area (Å²) in [5.41, 5.74) is 0.723. The molecule has 1 aromatic rings. The molecule has 1 atom stereocenters. The van der Waals surface area contributed by atoms with Crippen molar-refractivity contribution in [1.82, 2.24) is 9.88 Å². The van der Waals surface area contributed by atoms with Gasteiger partial charge < -0.3 is 9.80 Å². The summed E-state index contributed by atoms with van der Waals surface area (Å²) in [6.07, 6.45) is 6.54. The molecule has 0 aromatic carbocycles. The van der Waals surface area contributed by atoms with Gasteiger partial charge in [0.2, 0.25) is 0 Å². The molecule has 0 N–H and O–H groups in total. The van der Waals surface area contributed by atoms with Crippen molar-refractivity contribution < 1.29 is 4.79 Å². The van der Waals surface area contributed by atoms with Crippen molar-refractivity contribution in [3.05, 3.63) is 23.9 Å². The number of likely N-dealkylation sites (tertiary alicyclic amines) is 1. The van der Waals surface area contributed by atoms with Crippen LogP contribution in [0.15, 0.2) is 18.3 Å². The zero-order chi connectivity index (χ0) is 13.9. The van der Waals surface area contributed by atoms with Gasteiger partial charge in [-0.2, -0.15) is 0 Å². The van der Waals surface area contributed by atoms with E-state index >= 15 is 0 Å². The van der Waals surface area contributed by atoms with Gasteiger partial charge in [-0.1, -0.05) is 6.92 Å². The molecule has 0 saturated carbocycles. The Morgan fingerprint density at radius 3 is 2.65 bits per heavy atom. The van der Waals surface area contributed by atoms with Crippen LogP contribution in [0.3, 0.4) is 0 Å². The van der Waals surface area contributed by atoms with E-state index in [-0.39, 0.29) is 5.91 Å². The summed E-state index contributed by atoms with van der Waals surface area (Å²) >= 11 is 0. The van der Waals surface area contributed by atoms with Gasteiger partial charge in [-0.3, -0.25) is 4.79 Å². The van der Waals surface area contributed by atoms with Crippen LogP contribution in [0.4, 0.5) is 5.82 Å². The number of carbonyl (C=O) groups is 1. The number of amides is 1. The van der Waals surface area contributed by atoms with Crippen LogP contribution >= 0.6 is 0 Å². The van der Waals surface area contributed by atoms with Gasteiger partial charge >= 0.3 is 0 Å². The van der Waals surface area contributed by atoms with Crippen LogP contribution in [0.5, 0.6) is 0 Å². The number of aromatic nitrogens is 1. The highest BCUT2D eigenvalue weighted by Gasteiger charge is 2.21. The Morgan fingerprint density at radius 1 is 1.20 bits per heavy atom. The topological polar surface area (TPSA) is 36.4 Å². The third-order valence-electron chi connectivity index (χ3n) is 4.37. The van der Waals surface area contributed by atoms with Gasteiger partial charge in [-0.25, -0.2) is 4.98 Å². The van der Waals surface area contributed by atoms with Gasteiger partial charge in [0.05, 0.1) is 5.56 Å². The van der Waals surface area contributed by atoms with Crippen LogP contribution in [-0.4, -0.2) is 42.0 Å². The first-order valence-electron chi connectivity index (χ1n) is 7.74. The third kappa shape index (κ3) is 2.79. The van der Waals surface area contributed by atoms with E-state index in [0.29, 0.717) is 0 Å². The van der Waals surface area contributed by atoms with Crippen LogP contribution in [0, 0.1) is 5.92 Å². The van der Waals surface area contributed by atoms with Crippen molar-refractivity contribution in [2.24, 2.45) is 5.92 Å². The first kappa shape index (κ1) is 13.4. The molecule has 2 fully saturated rings. The second kappa shape index (κ2) is 5.81. The molecule has 0 unspecified atom stereocenters. The molecule has 1 aromatic heterocycles. The summed E-state index contributed by atoms with van der Waals surface area (Å²) in [5, 5.41) is 0. The summed E-state index contributed by atoms with van der Waals surface area (Å²) in [6.45, 7) is 6.23. The number of anilines is 1. The predicted molar refractivity (Wildman–Crippen MR) is 80.0 cm³/mol. The minimum absolute atomic E-state index is 0.133. The Bertz CT molecular complexity index is 465. The maximum Gasteiger partial charge on any atom is 0.255 e. The minimum atomic E-state index is 0.133. The molecular formula is C16H23N3O. The fourth-order valence-corrected chi connectivity index (χ4v) is 3.20. The minimum Gasteiger partial charge on any atom is -0.356 e. The second-order valence-electron chi connectivity index (χ2n) is 6.10. The smallest absolute Gasteiger partial charge is 0.255 e. The van der Waals surface area contributed by atoms with Crippen LogP contribution in [-0.2, 0) is 0 Å². The molecule has 2 aliphatic heterocycles. The molecule has 2 aliphatic rings. The van der Waals surface area contributed by atoms with E-state index in [2.05, 4.69) is 16.8 Å². The lowest BCUT2D eigenvalue weighted by Crippen LogP contribution is -2.35. The van der Waals surface area contributed by atoms with E-state index < -0.39 is 0 Å². The average molecular weight is 273 g/mol. The van der Waals surface area contributed by atoms with Gasteiger partial charge in [-0.05, 0) is 43.7 Å². The zero-order valence-electron chi connectivity index (χ0n) is 12.2. The number of nitrogens with zero attached hydrogens (tertiary/aromatic N) is 3. The number of carbonyl (C=O) groups excluding carboxylic acids is 1. The number of rotatable bonds is 2. The zero-order valence-corrected chi connectivity index (χ0v) is 12.2. The van der Waals surface area contributed by atoms with Crippen molar-refractivity contribution in [1.29, 1.82) is 0 Å². The molecule has 0 spiro atoms. The number of piperidine rings is 1. The highest BCUT2D eigenvalue weighted by atomic mass is 16.2. The Labute approximate surface area is 120 Å². The van der Waals surface area contributed by atoms with Crippen LogP contribution in [0.2, 0.25) is 0 Å². The van der Waals surface area contributed by atoms with E-state index in [0.717, 1.165) is 56.3 Å². The maximum atomic E-state index is 12.3. The highest BCUT2D eigenvalue weighted by molar-refractivity contribution is 5.94. The first-order chi connectivity index (χ1) is 9.74. The lowest BCUT2D eigenvalue weighted by atomic mass is 10.0. The Kier molecular flexibility index (Phi) is 3.90. The molecule has 4 heteroatoms. The molecule has 3 heterocycles. The van der Waals surface area contributed by atoms with Crippen LogP contribution in [0.1, 0.15) is 43.0 Å². The molecule has 0 bridgehead atoms. The molecule has 0 aliphatic carbocycles. The lowest BCUT2D eigenvalue weighted by molar-refractivity contribution is 0.0792. The summed E-state index contributed by atoms with van der Waals surface area (Å²) in [6, 6.07) is 3.93. The average Bonchev–Trinajstić information content (AvgIpc) is 3.01. The van der Waals surface area contributed by atoms with Crippen molar-refractivity contribution in [2.45, 2.75) is 32.6 Å². The quantitative estimate of drug-likeness (QED) is 0.831. The second-order valence-corrected chi connectivity index (χ2v) is 6.10. The van der Waals surface area contributed by atoms with Gasteiger partial charge in [-0.15, -0.1) is 0 Å². The van der Waals surface area contributed by atoms with Crippen LogP contribution in [0.25, 0.3) is 0 Å². The Morgan fingerprint density at radius 2 is 2.00 bits per heavy atom. The van der Waals surface area contributed by atoms with E-state index in [1.165, 1.54) is 12.8 Å².